The Labute approximate surface area is 154 Å². The van der Waals surface area contributed by atoms with Crippen molar-refractivity contribution in [3.05, 3.63) is 70.2 Å². The summed E-state index contributed by atoms with van der Waals surface area (Å²) in [5, 5.41) is 5.98. The monoisotopic (exact) mass is 358 g/mol. The first-order valence-corrected chi connectivity index (χ1v) is 8.88. The molecule has 7 heteroatoms. The molecule has 0 fully saturated rings. The molecule has 5 aromatic rings. The molecule has 5 rings (SSSR count). The van der Waals surface area contributed by atoms with Gasteiger partial charge in [-0.3, -0.25) is 4.79 Å². The summed E-state index contributed by atoms with van der Waals surface area (Å²) < 4.78 is 3.35. The second-order valence-corrected chi connectivity index (χ2v) is 6.86. The molecule has 7 nitrogen and oxygen atoms in total. The number of benzene rings is 1. The van der Waals surface area contributed by atoms with E-state index in [1.165, 1.54) is 22.8 Å². The Balaban J connectivity index is 1.56. The van der Waals surface area contributed by atoms with E-state index in [4.69, 9.17) is 0 Å². The Hall–Kier alpha value is -3.48. The van der Waals surface area contributed by atoms with Crippen molar-refractivity contribution in [1.82, 2.24) is 29.1 Å². The molecular formula is C20H18N6O. The van der Waals surface area contributed by atoms with Crippen molar-refractivity contribution in [2.45, 2.75) is 26.8 Å². The number of rotatable bonds is 3. The Morgan fingerprint density at radius 3 is 2.96 bits per heavy atom. The summed E-state index contributed by atoms with van der Waals surface area (Å²) in [5.41, 5.74) is 4.92. The van der Waals surface area contributed by atoms with Crippen LogP contribution in [0.2, 0.25) is 0 Å². The quantitative estimate of drug-likeness (QED) is 0.538. The maximum absolute atomic E-state index is 13.0. The summed E-state index contributed by atoms with van der Waals surface area (Å²) in [5.74, 6) is 0.506. The lowest BCUT2D eigenvalue weighted by molar-refractivity contribution is 0.675. The SMILES string of the molecule is Cc1ccc2[nH]cc(CCn3ccc4c(c(C)nc5ncnn54)c3=O)c2c1. The van der Waals surface area contributed by atoms with E-state index in [2.05, 4.69) is 45.2 Å². The highest BCUT2D eigenvalue weighted by atomic mass is 16.1. The minimum atomic E-state index is -0.0501. The lowest BCUT2D eigenvalue weighted by atomic mass is 10.1. The normalized spacial score (nSPS) is 11.8. The third-order valence-electron chi connectivity index (χ3n) is 5.08. The fraction of sp³-hybridized carbons (Fsp3) is 0.200. The molecule has 0 bridgehead atoms. The van der Waals surface area contributed by atoms with Crippen molar-refractivity contribution >= 4 is 27.6 Å². The molecule has 0 atom stereocenters. The number of H-pyrrole nitrogens is 1. The number of fused-ring (bicyclic) bond motifs is 4. The zero-order valence-electron chi connectivity index (χ0n) is 15.1. The van der Waals surface area contributed by atoms with Crippen LogP contribution in [0, 0.1) is 13.8 Å². The van der Waals surface area contributed by atoms with E-state index < -0.39 is 0 Å². The average Bonchev–Trinajstić information content (AvgIpc) is 3.27. The van der Waals surface area contributed by atoms with Crippen LogP contribution in [-0.4, -0.2) is 29.1 Å². The predicted molar refractivity (Wildman–Crippen MR) is 104 cm³/mol. The number of aromatic nitrogens is 6. The van der Waals surface area contributed by atoms with Gasteiger partial charge < -0.3 is 9.55 Å². The summed E-state index contributed by atoms with van der Waals surface area (Å²) in [6, 6.07) is 8.28. The van der Waals surface area contributed by atoms with Gasteiger partial charge in [0.25, 0.3) is 11.3 Å². The van der Waals surface area contributed by atoms with Gasteiger partial charge in [-0.05, 0) is 44.0 Å². The molecule has 27 heavy (non-hydrogen) atoms. The van der Waals surface area contributed by atoms with Crippen LogP contribution < -0.4 is 5.56 Å². The minimum Gasteiger partial charge on any atom is -0.361 e. The molecule has 0 amide bonds. The van der Waals surface area contributed by atoms with Crippen LogP contribution >= 0.6 is 0 Å². The van der Waals surface area contributed by atoms with Crippen LogP contribution in [0.25, 0.3) is 27.6 Å². The smallest absolute Gasteiger partial charge is 0.261 e. The van der Waals surface area contributed by atoms with E-state index in [0.717, 1.165) is 17.5 Å². The zero-order chi connectivity index (χ0) is 18.5. The standard InChI is InChI=1S/C20H18N6O/c1-12-3-4-16-15(9-12)14(10-21-16)5-7-25-8-6-17-18(19(25)27)13(2)24-20-22-11-23-26(17)20/h3-4,6,8-11,21H,5,7H2,1-2H3. The van der Waals surface area contributed by atoms with Gasteiger partial charge >= 0.3 is 0 Å². The number of nitrogens with zero attached hydrogens (tertiary/aromatic N) is 5. The van der Waals surface area contributed by atoms with E-state index >= 15 is 0 Å². The Bertz CT molecular complexity index is 1370. The minimum absolute atomic E-state index is 0.0501. The van der Waals surface area contributed by atoms with Crippen molar-refractivity contribution in [1.29, 1.82) is 0 Å². The lowest BCUT2D eigenvalue weighted by Gasteiger charge is -2.09. The molecule has 0 aliphatic rings. The summed E-state index contributed by atoms with van der Waals surface area (Å²) in [6.45, 7) is 4.53. The van der Waals surface area contributed by atoms with Crippen molar-refractivity contribution in [2.24, 2.45) is 0 Å². The van der Waals surface area contributed by atoms with Crippen LogP contribution in [0.1, 0.15) is 16.8 Å². The molecule has 0 aliphatic carbocycles. The third kappa shape index (κ3) is 2.43. The van der Waals surface area contributed by atoms with Gasteiger partial charge in [-0.25, -0.2) is 4.98 Å². The maximum atomic E-state index is 13.0. The maximum Gasteiger partial charge on any atom is 0.261 e. The van der Waals surface area contributed by atoms with Gasteiger partial charge in [0.05, 0.1) is 16.6 Å². The van der Waals surface area contributed by atoms with Crippen molar-refractivity contribution < 1.29 is 0 Å². The second-order valence-electron chi connectivity index (χ2n) is 6.86. The lowest BCUT2D eigenvalue weighted by Crippen LogP contribution is -2.22. The summed E-state index contributed by atoms with van der Waals surface area (Å²) >= 11 is 0. The molecule has 0 spiro atoms. The first-order valence-electron chi connectivity index (χ1n) is 8.88. The number of aromatic amines is 1. The average molecular weight is 358 g/mol. The fourth-order valence-corrected chi connectivity index (χ4v) is 3.68. The molecule has 0 unspecified atom stereocenters. The van der Waals surface area contributed by atoms with Crippen LogP contribution in [0.5, 0.6) is 0 Å². The fourth-order valence-electron chi connectivity index (χ4n) is 3.68. The van der Waals surface area contributed by atoms with E-state index in [1.54, 1.807) is 9.08 Å². The highest BCUT2D eigenvalue weighted by Gasteiger charge is 2.12. The molecule has 0 saturated heterocycles. The van der Waals surface area contributed by atoms with Crippen molar-refractivity contribution in [3.8, 4) is 0 Å². The molecule has 0 aliphatic heterocycles. The molecule has 1 N–H and O–H groups in total. The van der Waals surface area contributed by atoms with Gasteiger partial charge in [-0.15, -0.1) is 0 Å². The van der Waals surface area contributed by atoms with Crippen LogP contribution in [0.15, 0.2) is 47.8 Å². The van der Waals surface area contributed by atoms with Gasteiger partial charge in [-0.1, -0.05) is 11.6 Å². The second kappa shape index (κ2) is 5.77. The van der Waals surface area contributed by atoms with Crippen molar-refractivity contribution in [2.75, 3.05) is 0 Å². The van der Waals surface area contributed by atoms with E-state index in [9.17, 15) is 4.79 Å². The van der Waals surface area contributed by atoms with Gasteiger partial charge in [0, 0.05) is 29.8 Å². The largest absolute Gasteiger partial charge is 0.361 e. The molecule has 134 valence electrons. The summed E-state index contributed by atoms with van der Waals surface area (Å²) in [7, 11) is 0. The molecule has 1 aromatic carbocycles. The van der Waals surface area contributed by atoms with E-state index in [-0.39, 0.29) is 5.56 Å². The summed E-state index contributed by atoms with van der Waals surface area (Å²) in [6.07, 6.45) is 6.08. The molecule has 0 saturated carbocycles. The Morgan fingerprint density at radius 1 is 1.19 bits per heavy atom. The number of hydrogen-bond acceptors (Lipinski definition) is 4. The third-order valence-corrected chi connectivity index (χ3v) is 5.08. The van der Waals surface area contributed by atoms with E-state index in [1.807, 2.05) is 25.4 Å². The Morgan fingerprint density at radius 2 is 2.07 bits per heavy atom. The van der Waals surface area contributed by atoms with E-state index in [0.29, 0.717) is 23.4 Å². The first kappa shape index (κ1) is 15.7. The van der Waals surface area contributed by atoms with Gasteiger partial charge in [0.1, 0.15) is 6.33 Å². The highest BCUT2D eigenvalue weighted by Crippen LogP contribution is 2.20. The van der Waals surface area contributed by atoms with Crippen LogP contribution in [0.4, 0.5) is 0 Å². The number of nitrogens with one attached hydrogen (secondary N) is 1. The highest BCUT2D eigenvalue weighted by molar-refractivity contribution is 5.84. The van der Waals surface area contributed by atoms with Gasteiger partial charge in [0.2, 0.25) is 0 Å². The molecule has 0 radical (unpaired) electrons. The van der Waals surface area contributed by atoms with Crippen molar-refractivity contribution in [3.63, 3.8) is 0 Å². The van der Waals surface area contributed by atoms with Crippen LogP contribution in [0.3, 0.4) is 0 Å². The Kier molecular flexibility index (Phi) is 3.36. The predicted octanol–water partition coefficient (Wildman–Crippen LogP) is 2.78. The zero-order valence-corrected chi connectivity index (χ0v) is 15.1. The topological polar surface area (TPSA) is 80.9 Å². The number of pyridine rings is 1. The summed E-state index contributed by atoms with van der Waals surface area (Å²) in [4.78, 5) is 24.9. The molecule has 4 heterocycles. The van der Waals surface area contributed by atoms with Gasteiger partial charge in [0.15, 0.2) is 0 Å². The van der Waals surface area contributed by atoms with Gasteiger partial charge in [-0.2, -0.15) is 14.6 Å². The number of aryl methyl sites for hydroxylation is 4. The molecule has 4 aromatic heterocycles. The molecular weight excluding hydrogens is 340 g/mol. The van der Waals surface area contributed by atoms with Crippen LogP contribution in [-0.2, 0) is 13.0 Å². The first-order chi connectivity index (χ1) is 13.1. The number of hydrogen-bond donors (Lipinski definition) is 1.